The van der Waals surface area contributed by atoms with Crippen LogP contribution in [0.25, 0.3) is 0 Å². The predicted octanol–water partition coefficient (Wildman–Crippen LogP) is 2.01. The molecule has 1 heterocycles. The summed E-state index contributed by atoms with van der Waals surface area (Å²) in [7, 11) is -2.59. The van der Waals surface area contributed by atoms with E-state index in [1.54, 1.807) is 26.0 Å². The van der Waals surface area contributed by atoms with Crippen LogP contribution in [0.4, 0.5) is 10.1 Å². The van der Waals surface area contributed by atoms with Gasteiger partial charge >= 0.3 is 0 Å². The molecule has 0 aliphatic carbocycles. The molecule has 9 nitrogen and oxygen atoms in total. The molecule has 0 radical (unpaired) electrons. The number of likely N-dealkylation sites (N-methyl/N-ethyl adjacent to an activating group) is 1. The Labute approximate surface area is 202 Å². The quantitative estimate of drug-likeness (QED) is 0.489. The van der Waals surface area contributed by atoms with Gasteiger partial charge in [-0.15, -0.1) is 0 Å². The zero-order valence-electron chi connectivity index (χ0n) is 18.9. The monoisotopic (exact) mass is 512 g/mol. The van der Waals surface area contributed by atoms with E-state index in [-0.39, 0.29) is 30.8 Å². The largest absolute Gasteiger partial charge is 0.368 e. The number of carbonyl (C=O) groups excluding carboxylic acids is 3. The Morgan fingerprint density at radius 3 is 2.59 bits per heavy atom. The molecule has 1 unspecified atom stereocenters. The minimum Gasteiger partial charge on any atom is -0.368 e. The summed E-state index contributed by atoms with van der Waals surface area (Å²) >= 11 is 5.73. The number of allylic oxidation sites excluding steroid dienone is 5. The molecule has 2 rings (SSSR count). The van der Waals surface area contributed by atoms with Crippen LogP contribution in [0.3, 0.4) is 0 Å². The molecule has 1 atom stereocenters. The Morgan fingerprint density at radius 1 is 1.32 bits per heavy atom. The van der Waals surface area contributed by atoms with Gasteiger partial charge in [0, 0.05) is 29.6 Å². The van der Waals surface area contributed by atoms with Gasteiger partial charge in [0.1, 0.15) is 11.9 Å². The fourth-order valence-electron chi connectivity index (χ4n) is 3.15. The number of carbonyl (C=O) groups is 3. The third-order valence-electron chi connectivity index (χ3n) is 4.82. The van der Waals surface area contributed by atoms with Crippen molar-refractivity contribution in [1.29, 1.82) is 0 Å². The SMILES string of the molecule is C\C(Cl)=C/C=C(C)/C=C/S(=O)(=O)NC1CCN(c2ccc(C(=O)N(C)CC(N)=O)cc2F)C1=O. The normalized spacial score (nSPS) is 17.5. The van der Waals surface area contributed by atoms with Gasteiger partial charge in [-0.2, -0.15) is 4.72 Å². The van der Waals surface area contributed by atoms with Crippen LogP contribution >= 0.6 is 11.6 Å². The summed E-state index contributed by atoms with van der Waals surface area (Å²) in [4.78, 5) is 38.2. The highest BCUT2D eigenvalue weighted by atomic mass is 35.5. The first-order valence-electron chi connectivity index (χ1n) is 10.2. The standard InChI is InChI=1S/C22H26ClFN4O5S/c1-14(4-5-15(2)23)9-11-34(32,33)26-18-8-10-28(22(18)31)19-7-6-16(12-17(19)24)21(30)27(3)13-20(25)29/h4-7,9,11-12,18,26H,8,10,13H2,1-3H3,(H2,25,29)/b11-9+,14-4+,15-5+. The fourth-order valence-corrected chi connectivity index (χ4v) is 4.30. The molecule has 1 saturated heterocycles. The van der Waals surface area contributed by atoms with E-state index in [0.29, 0.717) is 10.6 Å². The van der Waals surface area contributed by atoms with E-state index >= 15 is 0 Å². The average Bonchev–Trinajstić information content (AvgIpc) is 3.09. The number of nitrogens with two attached hydrogens (primary N) is 1. The molecule has 1 aliphatic heterocycles. The van der Waals surface area contributed by atoms with Gasteiger partial charge in [0.05, 0.1) is 12.2 Å². The molecule has 0 bridgehead atoms. The first kappa shape index (κ1) is 27.2. The lowest BCUT2D eigenvalue weighted by Crippen LogP contribution is -2.41. The number of sulfonamides is 1. The van der Waals surface area contributed by atoms with Gasteiger partial charge in [0.2, 0.25) is 21.8 Å². The van der Waals surface area contributed by atoms with Crippen molar-refractivity contribution in [2.45, 2.75) is 26.3 Å². The van der Waals surface area contributed by atoms with Crippen molar-refractivity contribution < 1.29 is 27.2 Å². The second-order valence-electron chi connectivity index (χ2n) is 7.75. The third kappa shape index (κ3) is 7.51. The van der Waals surface area contributed by atoms with Gasteiger partial charge in [-0.3, -0.25) is 14.4 Å². The maximum absolute atomic E-state index is 14.7. The molecule has 184 valence electrons. The molecule has 12 heteroatoms. The third-order valence-corrected chi connectivity index (χ3v) is 6.06. The first-order chi connectivity index (χ1) is 15.8. The molecule has 1 aliphatic rings. The van der Waals surface area contributed by atoms with Crippen molar-refractivity contribution in [3.63, 3.8) is 0 Å². The van der Waals surface area contributed by atoms with Gasteiger partial charge in [-0.05, 0) is 50.6 Å². The van der Waals surface area contributed by atoms with Crippen LogP contribution in [0.2, 0.25) is 0 Å². The minimum absolute atomic E-state index is 0.0262. The second-order valence-corrected chi connectivity index (χ2v) is 9.95. The maximum atomic E-state index is 14.7. The lowest BCUT2D eigenvalue weighted by molar-refractivity contribution is -0.119. The van der Waals surface area contributed by atoms with Crippen molar-refractivity contribution in [2.24, 2.45) is 5.73 Å². The summed E-state index contributed by atoms with van der Waals surface area (Å²) in [5.41, 5.74) is 5.58. The summed E-state index contributed by atoms with van der Waals surface area (Å²) in [5.74, 6) is -2.78. The zero-order valence-corrected chi connectivity index (χ0v) is 20.5. The van der Waals surface area contributed by atoms with Crippen LogP contribution in [0.5, 0.6) is 0 Å². The number of amides is 3. The number of anilines is 1. The topological polar surface area (TPSA) is 130 Å². The molecule has 0 saturated carbocycles. The van der Waals surface area contributed by atoms with Crippen molar-refractivity contribution >= 4 is 45.0 Å². The number of benzene rings is 1. The van der Waals surface area contributed by atoms with E-state index < -0.39 is 39.6 Å². The van der Waals surface area contributed by atoms with Gasteiger partial charge in [0.15, 0.2) is 0 Å². The molecular formula is C22H26ClFN4O5S. The van der Waals surface area contributed by atoms with E-state index in [0.717, 1.165) is 21.3 Å². The van der Waals surface area contributed by atoms with Crippen molar-refractivity contribution in [3.8, 4) is 0 Å². The van der Waals surface area contributed by atoms with Crippen LogP contribution in [-0.4, -0.2) is 57.2 Å². The Balaban J connectivity index is 2.11. The number of nitrogens with one attached hydrogen (secondary N) is 1. The van der Waals surface area contributed by atoms with Crippen LogP contribution < -0.4 is 15.4 Å². The summed E-state index contributed by atoms with van der Waals surface area (Å²) in [6, 6.07) is 2.47. The highest BCUT2D eigenvalue weighted by Crippen LogP contribution is 2.26. The van der Waals surface area contributed by atoms with E-state index in [4.69, 9.17) is 17.3 Å². The molecule has 0 aromatic heterocycles. The summed E-state index contributed by atoms with van der Waals surface area (Å²) < 4.78 is 41.8. The highest BCUT2D eigenvalue weighted by molar-refractivity contribution is 7.92. The summed E-state index contributed by atoms with van der Waals surface area (Å²) in [6.45, 7) is 3.12. The molecule has 3 amide bonds. The number of hydrogen-bond donors (Lipinski definition) is 2. The summed E-state index contributed by atoms with van der Waals surface area (Å²) in [5, 5.41) is 1.48. The maximum Gasteiger partial charge on any atom is 0.254 e. The van der Waals surface area contributed by atoms with Crippen molar-refractivity contribution in [1.82, 2.24) is 9.62 Å². The van der Waals surface area contributed by atoms with Crippen molar-refractivity contribution in [2.75, 3.05) is 25.0 Å². The van der Waals surface area contributed by atoms with Crippen LogP contribution in [0.1, 0.15) is 30.6 Å². The molecule has 3 N–H and O–H groups in total. The molecule has 1 aromatic rings. The number of nitrogens with zero attached hydrogens (tertiary/aromatic N) is 2. The molecular weight excluding hydrogens is 487 g/mol. The smallest absolute Gasteiger partial charge is 0.254 e. The number of hydrogen-bond acceptors (Lipinski definition) is 5. The number of rotatable bonds is 9. The van der Waals surface area contributed by atoms with E-state index in [1.165, 1.54) is 25.3 Å². The Morgan fingerprint density at radius 2 is 2.00 bits per heavy atom. The highest BCUT2D eigenvalue weighted by Gasteiger charge is 2.36. The van der Waals surface area contributed by atoms with Gasteiger partial charge in [-0.1, -0.05) is 23.3 Å². The van der Waals surface area contributed by atoms with E-state index in [9.17, 15) is 27.2 Å². The number of primary amides is 1. The molecule has 34 heavy (non-hydrogen) atoms. The minimum atomic E-state index is -3.94. The predicted molar refractivity (Wildman–Crippen MR) is 128 cm³/mol. The fraction of sp³-hybridized carbons (Fsp3) is 0.318. The molecule has 0 spiro atoms. The molecule has 1 fully saturated rings. The Bertz CT molecular complexity index is 1180. The zero-order chi connectivity index (χ0) is 25.6. The number of halogens is 2. The molecule has 1 aromatic carbocycles. The van der Waals surface area contributed by atoms with Crippen LogP contribution in [0, 0.1) is 5.82 Å². The Hall–Kier alpha value is -3.02. The van der Waals surface area contributed by atoms with Gasteiger partial charge in [-0.25, -0.2) is 12.8 Å². The van der Waals surface area contributed by atoms with Crippen LogP contribution in [0.15, 0.2) is 52.4 Å². The van der Waals surface area contributed by atoms with Gasteiger partial charge < -0.3 is 15.5 Å². The second kappa shape index (κ2) is 11.4. The van der Waals surface area contributed by atoms with Crippen LogP contribution in [-0.2, 0) is 19.6 Å². The summed E-state index contributed by atoms with van der Waals surface area (Å²) in [6.07, 6.45) is 4.75. The lowest BCUT2D eigenvalue weighted by atomic mass is 10.1. The van der Waals surface area contributed by atoms with E-state index in [1.807, 2.05) is 0 Å². The van der Waals surface area contributed by atoms with Crippen molar-refractivity contribution in [3.05, 3.63) is 63.8 Å². The van der Waals surface area contributed by atoms with E-state index in [2.05, 4.69) is 4.72 Å². The van der Waals surface area contributed by atoms with Gasteiger partial charge in [0.25, 0.3) is 5.91 Å². The Kier molecular flexibility index (Phi) is 9.14. The lowest BCUT2D eigenvalue weighted by Gasteiger charge is -2.19. The first-order valence-corrected chi connectivity index (χ1v) is 12.1. The average molecular weight is 513 g/mol.